The molecule has 0 N–H and O–H groups in total. The summed E-state index contributed by atoms with van der Waals surface area (Å²) in [4.78, 5) is 15.4. The third kappa shape index (κ3) is 3.56. The Labute approximate surface area is 146 Å². The zero-order valence-corrected chi connectivity index (χ0v) is 15.5. The molecule has 1 nitrogen and oxygen atoms in total. The van der Waals surface area contributed by atoms with Crippen molar-refractivity contribution in [2.75, 3.05) is 0 Å². The first-order valence-electron chi connectivity index (χ1n) is 8.12. The van der Waals surface area contributed by atoms with Crippen LogP contribution >= 0.6 is 22.7 Å². The number of carbonyl (C=O) groups is 1. The van der Waals surface area contributed by atoms with E-state index in [1.807, 2.05) is 0 Å². The lowest BCUT2D eigenvalue weighted by atomic mass is 9.79. The summed E-state index contributed by atoms with van der Waals surface area (Å²) in [5.74, 6) is 0.820. The monoisotopic (exact) mass is 342 g/mol. The highest BCUT2D eigenvalue weighted by Gasteiger charge is 2.27. The molecule has 23 heavy (non-hydrogen) atoms. The number of Topliss-reactive ketones (excluding diaryl/α,β-unsaturated/α-hetero) is 1. The van der Waals surface area contributed by atoms with Crippen LogP contribution in [0.25, 0.3) is 12.2 Å². The fourth-order valence-electron chi connectivity index (χ4n) is 3.00. The highest BCUT2D eigenvalue weighted by molar-refractivity contribution is 7.11. The smallest absolute Gasteiger partial charge is 0.185 e. The number of hydrogen-bond donors (Lipinski definition) is 0. The molecule has 120 valence electrons. The Bertz CT molecular complexity index is 711. The molecule has 0 aromatic carbocycles. The number of rotatable bonds is 3. The molecule has 2 heterocycles. The van der Waals surface area contributed by atoms with Crippen molar-refractivity contribution >= 4 is 40.6 Å². The van der Waals surface area contributed by atoms with E-state index < -0.39 is 0 Å². The summed E-state index contributed by atoms with van der Waals surface area (Å²) in [6, 6.07) is 4.24. The minimum absolute atomic E-state index is 0.246. The molecule has 0 spiro atoms. The maximum atomic E-state index is 12.9. The van der Waals surface area contributed by atoms with Crippen molar-refractivity contribution in [2.24, 2.45) is 5.92 Å². The Morgan fingerprint density at radius 1 is 1.00 bits per heavy atom. The summed E-state index contributed by atoms with van der Waals surface area (Å²) in [5, 5.41) is 4.19. The Morgan fingerprint density at radius 3 is 1.83 bits per heavy atom. The van der Waals surface area contributed by atoms with Crippen molar-refractivity contribution in [3.8, 4) is 0 Å². The number of carbonyl (C=O) groups excluding carboxylic acids is 1. The van der Waals surface area contributed by atoms with Crippen LogP contribution in [-0.4, -0.2) is 5.78 Å². The quantitative estimate of drug-likeness (QED) is 0.600. The number of hydrogen-bond acceptors (Lipinski definition) is 3. The van der Waals surface area contributed by atoms with Crippen LogP contribution in [0.1, 0.15) is 47.1 Å². The largest absolute Gasteiger partial charge is 0.289 e. The number of allylic oxidation sites excluding steroid dienone is 2. The molecular weight excluding hydrogens is 320 g/mol. The average molecular weight is 343 g/mol. The first-order valence-corrected chi connectivity index (χ1v) is 9.88. The lowest BCUT2D eigenvalue weighted by Gasteiger charge is -2.24. The maximum absolute atomic E-state index is 12.9. The third-order valence-corrected chi connectivity index (χ3v) is 6.52. The molecular formula is C20H22OS2. The van der Waals surface area contributed by atoms with Crippen LogP contribution in [0.15, 0.2) is 34.0 Å². The molecule has 0 radical (unpaired) electrons. The molecule has 0 bridgehead atoms. The van der Waals surface area contributed by atoms with Crippen LogP contribution in [0.5, 0.6) is 0 Å². The van der Waals surface area contributed by atoms with E-state index in [1.54, 1.807) is 22.7 Å². The summed E-state index contributed by atoms with van der Waals surface area (Å²) in [6.45, 7) is 6.45. The topological polar surface area (TPSA) is 17.1 Å². The lowest BCUT2D eigenvalue weighted by Crippen LogP contribution is -2.19. The second-order valence-electron chi connectivity index (χ2n) is 6.29. The highest BCUT2D eigenvalue weighted by Crippen LogP contribution is 2.35. The Hall–Kier alpha value is -1.45. The minimum atomic E-state index is 0.246. The standard InChI is InChI=1S/C20H22OS2/c1-4-15-9-16(11-18-13(2)5-7-22-18)20(21)17(10-15)12-19-14(3)6-8-23-19/h5-8,11-12,15H,4,9-10H2,1-3H3/b16-11+,17-12+. The molecule has 3 heteroatoms. The van der Waals surface area contributed by atoms with Crippen LogP contribution in [0.4, 0.5) is 0 Å². The average Bonchev–Trinajstić information content (AvgIpc) is 3.12. The molecule has 1 aliphatic carbocycles. The molecule has 0 amide bonds. The van der Waals surface area contributed by atoms with Crippen LogP contribution in [0.3, 0.4) is 0 Å². The van der Waals surface area contributed by atoms with E-state index in [0.717, 1.165) is 30.4 Å². The van der Waals surface area contributed by atoms with E-state index in [0.29, 0.717) is 5.92 Å². The lowest BCUT2D eigenvalue weighted by molar-refractivity contribution is -0.113. The molecule has 1 fully saturated rings. The van der Waals surface area contributed by atoms with Gasteiger partial charge in [-0.3, -0.25) is 4.79 Å². The van der Waals surface area contributed by atoms with Gasteiger partial charge in [-0.25, -0.2) is 0 Å². The molecule has 1 saturated carbocycles. The SMILES string of the molecule is CCC1C/C(=C\c2sccc2C)C(=O)/C(=C/c2sccc2C)C1. The van der Waals surface area contributed by atoms with Crippen molar-refractivity contribution in [3.05, 3.63) is 54.9 Å². The highest BCUT2D eigenvalue weighted by atomic mass is 32.1. The van der Waals surface area contributed by atoms with Crippen molar-refractivity contribution in [2.45, 2.75) is 40.0 Å². The van der Waals surface area contributed by atoms with Gasteiger partial charge in [0.25, 0.3) is 0 Å². The minimum Gasteiger partial charge on any atom is -0.289 e. The van der Waals surface area contributed by atoms with Gasteiger partial charge in [0.05, 0.1) is 0 Å². The van der Waals surface area contributed by atoms with Gasteiger partial charge < -0.3 is 0 Å². The number of thiophene rings is 2. The fourth-order valence-corrected chi connectivity index (χ4v) is 4.77. The molecule has 1 aliphatic rings. The molecule has 0 unspecified atom stereocenters. The van der Waals surface area contributed by atoms with Crippen molar-refractivity contribution in [1.82, 2.24) is 0 Å². The van der Waals surface area contributed by atoms with Gasteiger partial charge in [0.15, 0.2) is 5.78 Å². The van der Waals surface area contributed by atoms with E-state index in [4.69, 9.17) is 0 Å². The Balaban J connectivity index is 1.97. The van der Waals surface area contributed by atoms with Crippen LogP contribution in [-0.2, 0) is 4.79 Å². The number of aryl methyl sites for hydroxylation is 2. The number of ketones is 1. The summed E-state index contributed by atoms with van der Waals surface area (Å²) >= 11 is 3.43. The van der Waals surface area contributed by atoms with Gasteiger partial charge in [-0.2, -0.15) is 0 Å². The van der Waals surface area contributed by atoms with Crippen molar-refractivity contribution in [1.29, 1.82) is 0 Å². The van der Waals surface area contributed by atoms with E-state index in [1.165, 1.54) is 20.9 Å². The first kappa shape index (κ1) is 16.4. The van der Waals surface area contributed by atoms with Gasteiger partial charge in [-0.05, 0) is 78.8 Å². The summed E-state index contributed by atoms with van der Waals surface area (Å²) < 4.78 is 0. The maximum Gasteiger partial charge on any atom is 0.185 e. The predicted molar refractivity (Wildman–Crippen MR) is 102 cm³/mol. The molecule has 0 saturated heterocycles. The molecule has 2 aromatic heterocycles. The van der Waals surface area contributed by atoms with Gasteiger partial charge in [0, 0.05) is 20.9 Å². The van der Waals surface area contributed by atoms with E-state index in [9.17, 15) is 4.79 Å². The second kappa shape index (κ2) is 6.98. The van der Waals surface area contributed by atoms with Gasteiger partial charge in [0.2, 0.25) is 0 Å². The predicted octanol–water partition coefficient (Wildman–Crippen LogP) is 6.28. The van der Waals surface area contributed by atoms with E-state index in [2.05, 4.69) is 55.8 Å². The van der Waals surface area contributed by atoms with Gasteiger partial charge >= 0.3 is 0 Å². The molecule has 2 aromatic rings. The Kier molecular flexibility index (Phi) is 4.98. The van der Waals surface area contributed by atoms with E-state index >= 15 is 0 Å². The van der Waals surface area contributed by atoms with Gasteiger partial charge in [-0.1, -0.05) is 13.3 Å². The van der Waals surface area contributed by atoms with E-state index in [-0.39, 0.29) is 5.78 Å². The Morgan fingerprint density at radius 2 is 1.48 bits per heavy atom. The van der Waals surface area contributed by atoms with Gasteiger partial charge in [-0.15, -0.1) is 22.7 Å². The van der Waals surface area contributed by atoms with Crippen molar-refractivity contribution in [3.63, 3.8) is 0 Å². The molecule has 3 rings (SSSR count). The summed E-state index contributed by atoms with van der Waals surface area (Å²) in [5.41, 5.74) is 4.48. The molecule has 0 aliphatic heterocycles. The summed E-state index contributed by atoms with van der Waals surface area (Å²) in [7, 11) is 0. The zero-order valence-electron chi connectivity index (χ0n) is 13.9. The zero-order chi connectivity index (χ0) is 16.4. The third-order valence-electron chi connectivity index (χ3n) is 4.59. The van der Waals surface area contributed by atoms with Gasteiger partial charge in [0.1, 0.15) is 0 Å². The summed E-state index contributed by atoms with van der Waals surface area (Å²) in [6.07, 6.45) is 7.19. The van der Waals surface area contributed by atoms with Crippen LogP contribution < -0.4 is 0 Å². The second-order valence-corrected chi connectivity index (χ2v) is 8.18. The van der Waals surface area contributed by atoms with Crippen molar-refractivity contribution < 1.29 is 4.79 Å². The first-order chi connectivity index (χ1) is 11.1. The normalized spacial score (nSPS) is 22.2. The van der Waals surface area contributed by atoms with Crippen LogP contribution in [0.2, 0.25) is 0 Å². The van der Waals surface area contributed by atoms with Crippen LogP contribution in [0, 0.1) is 19.8 Å². The molecule has 0 atom stereocenters. The fraction of sp³-hybridized carbons (Fsp3) is 0.350.